The fourth-order valence-corrected chi connectivity index (χ4v) is 5.38. The SMILES string of the molecule is Cc1ccc(C)c(OCC(=O)N(Cc2c(Cl)cccc2Cl)[C@H](Cc2ccccc2)C(=O)NC2CCCC2)c1. The molecule has 1 saturated carbocycles. The Morgan fingerprint density at radius 3 is 2.34 bits per heavy atom. The molecule has 0 bridgehead atoms. The van der Waals surface area contributed by atoms with Crippen LogP contribution in [0.3, 0.4) is 0 Å². The van der Waals surface area contributed by atoms with Crippen molar-refractivity contribution in [3.63, 3.8) is 0 Å². The van der Waals surface area contributed by atoms with Crippen LogP contribution in [0, 0.1) is 13.8 Å². The Hall–Kier alpha value is -3.02. The molecule has 1 aliphatic rings. The molecule has 0 unspecified atom stereocenters. The third-order valence-electron chi connectivity index (χ3n) is 7.06. The van der Waals surface area contributed by atoms with Crippen molar-refractivity contribution in [2.75, 3.05) is 6.61 Å². The van der Waals surface area contributed by atoms with E-state index in [-0.39, 0.29) is 31.0 Å². The van der Waals surface area contributed by atoms with Crippen molar-refractivity contribution in [2.45, 2.75) is 64.6 Å². The van der Waals surface area contributed by atoms with Crippen molar-refractivity contribution in [2.24, 2.45) is 0 Å². The molecule has 2 amide bonds. The van der Waals surface area contributed by atoms with E-state index in [0.29, 0.717) is 27.8 Å². The number of aryl methyl sites for hydroxylation is 2. The highest BCUT2D eigenvalue weighted by Crippen LogP contribution is 2.28. The fraction of sp³-hybridized carbons (Fsp3) is 0.355. The summed E-state index contributed by atoms with van der Waals surface area (Å²) in [6, 6.07) is 20.2. The number of ether oxygens (including phenoxy) is 1. The predicted molar refractivity (Wildman–Crippen MR) is 153 cm³/mol. The van der Waals surface area contributed by atoms with E-state index in [2.05, 4.69) is 5.32 Å². The number of nitrogens with one attached hydrogen (secondary N) is 1. The smallest absolute Gasteiger partial charge is 0.261 e. The Balaban J connectivity index is 1.66. The van der Waals surface area contributed by atoms with Gasteiger partial charge in [-0.3, -0.25) is 9.59 Å². The highest BCUT2D eigenvalue weighted by Gasteiger charge is 2.33. The van der Waals surface area contributed by atoms with Crippen LogP contribution in [0.2, 0.25) is 10.0 Å². The molecule has 1 fully saturated rings. The van der Waals surface area contributed by atoms with Crippen LogP contribution in [0.5, 0.6) is 5.75 Å². The maximum atomic E-state index is 13.8. The Kier molecular flexibility index (Phi) is 9.70. The average Bonchev–Trinajstić information content (AvgIpc) is 3.41. The Labute approximate surface area is 235 Å². The molecule has 200 valence electrons. The van der Waals surface area contributed by atoms with Crippen LogP contribution in [-0.4, -0.2) is 35.4 Å². The fourth-order valence-electron chi connectivity index (χ4n) is 4.86. The van der Waals surface area contributed by atoms with E-state index in [0.717, 1.165) is 42.4 Å². The number of rotatable bonds is 10. The van der Waals surface area contributed by atoms with Crippen molar-refractivity contribution in [1.82, 2.24) is 10.2 Å². The molecule has 7 heteroatoms. The average molecular weight is 554 g/mol. The van der Waals surface area contributed by atoms with Crippen molar-refractivity contribution < 1.29 is 14.3 Å². The van der Waals surface area contributed by atoms with Gasteiger partial charge >= 0.3 is 0 Å². The minimum atomic E-state index is -0.764. The Morgan fingerprint density at radius 2 is 1.66 bits per heavy atom. The van der Waals surface area contributed by atoms with Gasteiger partial charge < -0.3 is 15.0 Å². The van der Waals surface area contributed by atoms with Gasteiger partial charge in [0.15, 0.2) is 6.61 Å². The number of amides is 2. The minimum absolute atomic E-state index is 0.0864. The Morgan fingerprint density at radius 1 is 0.974 bits per heavy atom. The summed E-state index contributed by atoms with van der Waals surface area (Å²) in [5.74, 6) is 0.150. The summed E-state index contributed by atoms with van der Waals surface area (Å²) in [6.07, 6.45) is 4.44. The molecule has 38 heavy (non-hydrogen) atoms. The number of carbonyl (C=O) groups is 2. The van der Waals surface area contributed by atoms with Gasteiger partial charge in [-0.05, 0) is 61.6 Å². The van der Waals surface area contributed by atoms with Crippen molar-refractivity contribution in [3.05, 3.63) is 99.0 Å². The molecule has 3 aromatic rings. The second kappa shape index (κ2) is 13.2. The second-order valence-corrected chi connectivity index (χ2v) is 10.8. The van der Waals surface area contributed by atoms with Gasteiger partial charge in [0.05, 0.1) is 0 Å². The lowest BCUT2D eigenvalue weighted by Gasteiger charge is -2.32. The van der Waals surface area contributed by atoms with E-state index in [4.69, 9.17) is 27.9 Å². The van der Waals surface area contributed by atoms with E-state index >= 15 is 0 Å². The third kappa shape index (κ3) is 7.30. The largest absolute Gasteiger partial charge is 0.483 e. The van der Waals surface area contributed by atoms with Crippen LogP contribution in [0.25, 0.3) is 0 Å². The molecule has 1 atom stereocenters. The minimum Gasteiger partial charge on any atom is -0.483 e. The molecule has 1 N–H and O–H groups in total. The lowest BCUT2D eigenvalue weighted by atomic mass is 10.0. The van der Waals surface area contributed by atoms with E-state index in [1.54, 1.807) is 23.1 Å². The number of halogens is 2. The standard InChI is InChI=1S/C31H34Cl2N2O3/c1-21-15-16-22(2)29(17-21)38-20-30(36)35(19-25-26(32)13-8-14-27(25)33)28(18-23-9-4-3-5-10-23)31(37)34-24-11-6-7-12-24/h3-5,8-10,13-17,24,28H,6-7,11-12,18-20H2,1-2H3,(H,34,37)/t28-/m1/s1. The third-order valence-corrected chi connectivity index (χ3v) is 7.77. The number of hydrogen-bond donors (Lipinski definition) is 1. The summed E-state index contributed by atoms with van der Waals surface area (Å²) in [6.45, 7) is 3.79. The van der Waals surface area contributed by atoms with Crippen molar-refractivity contribution in [3.8, 4) is 5.75 Å². The summed E-state index contributed by atoms with van der Waals surface area (Å²) in [7, 11) is 0. The zero-order valence-electron chi connectivity index (χ0n) is 21.9. The summed E-state index contributed by atoms with van der Waals surface area (Å²) in [4.78, 5) is 29.2. The zero-order chi connectivity index (χ0) is 27.1. The lowest BCUT2D eigenvalue weighted by molar-refractivity contribution is -0.143. The number of benzene rings is 3. The lowest BCUT2D eigenvalue weighted by Crippen LogP contribution is -2.53. The van der Waals surface area contributed by atoms with Gasteiger partial charge in [-0.1, -0.05) is 84.6 Å². The van der Waals surface area contributed by atoms with Crippen molar-refractivity contribution in [1.29, 1.82) is 0 Å². The van der Waals surface area contributed by atoms with Crippen LogP contribution >= 0.6 is 23.2 Å². The van der Waals surface area contributed by atoms with Crippen LogP contribution in [-0.2, 0) is 22.6 Å². The predicted octanol–water partition coefficient (Wildman–Crippen LogP) is 6.69. The molecule has 0 heterocycles. The summed E-state index contributed by atoms with van der Waals surface area (Å²) < 4.78 is 5.98. The van der Waals surface area contributed by atoms with E-state index in [1.165, 1.54) is 0 Å². The normalized spacial score (nSPS) is 14.2. The van der Waals surface area contributed by atoms with Crippen LogP contribution in [0.4, 0.5) is 0 Å². The number of hydrogen-bond acceptors (Lipinski definition) is 3. The molecule has 3 aromatic carbocycles. The van der Waals surface area contributed by atoms with Gasteiger partial charge in [0.1, 0.15) is 11.8 Å². The highest BCUT2D eigenvalue weighted by atomic mass is 35.5. The van der Waals surface area contributed by atoms with E-state index in [9.17, 15) is 9.59 Å². The van der Waals surface area contributed by atoms with E-state index in [1.807, 2.05) is 62.4 Å². The first-order chi connectivity index (χ1) is 18.3. The van der Waals surface area contributed by atoms with Gasteiger partial charge in [0.25, 0.3) is 5.91 Å². The molecule has 0 saturated heterocycles. The van der Waals surface area contributed by atoms with Crippen LogP contribution in [0.15, 0.2) is 66.7 Å². The second-order valence-electron chi connectivity index (χ2n) is 9.97. The van der Waals surface area contributed by atoms with Gasteiger partial charge in [0.2, 0.25) is 5.91 Å². The summed E-state index contributed by atoms with van der Waals surface area (Å²) in [5.41, 5.74) is 3.53. The monoisotopic (exact) mass is 552 g/mol. The quantitative estimate of drug-likeness (QED) is 0.305. The zero-order valence-corrected chi connectivity index (χ0v) is 23.4. The van der Waals surface area contributed by atoms with Crippen molar-refractivity contribution >= 4 is 35.0 Å². The highest BCUT2D eigenvalue weighted by molar-refractivity contribution is 6.36. The first kappa shape index (κ1) is 28.0. The molecule has 0 spiro atoms. The molecular weight excluding hydrogens is 519 g/mol. The molecule has 0 aromatic heterocycles. The summed E-state index contributed by atoms with van der Waals surface area (Å²) in [5, 5.41) is 4.09. The van der Waals surface area contributed by atoms with Crippen LogP contribution in [0.1, 0.15) is 47.9 Å². The van der Waals surface area contributed by atoms with Gasteiger partial charge in [-0.15, -0.1) is 0 Å². The maximum Gasteiger partial charge on any atom is 0.261 e. The van der Waals surface area contributed by atoms with E-state index < -0.39 is 6.04 Å². The molecular formula is C31H34Cl2N2O3. The topological polar surface area (TPSA) is 58.6 Å². The maximum absolute atomic E-state index is 13.8. The first-order valence-electron chi connectivity index (χ1n) is 13.1. The number of carbonyl (C=O) groups excluding carboxylic acids is 2. The molecule has 4 rings (SSSR count). The van der Waals surface area contributed by atoms with Gasteiger partial charge in [-0.25, -0.2) is 0 Å². The first-order valence-corrected chi connectivity index (χ1v) is 13.8. The summed E-state index contributed by atoms with van der Waals surface area (Å²) >= 11 is 13.0. The Bertz CT molecular complexity index is 1240. The van der Waals surface area contributed by atoms with Gasteiger partial charge in [-0.2, -0.15) is 0 Å². The molecule has 0 radical (unpaired) electrons. The molecule has 0 aliphatic heterocycles. The molecule has 1 aliphatic carbocycles. The van der Waals surface area contributed by atoms with Crippen LogP contribution < -0.4 is 10.1 Å². The number of nitrogens with zero attached hydrogens (tertiary/aromatic N) is 1. The molecule has 5 nitrogen and oxygen atoms in total. The van der Waals surface area contributed by atoms with Gasteiger partial charge in [0, 0.05) is 34.6 Å².